The highest BCUT2D eigenvalue weighted by Crippen LogP contribution is 2.32. The maximum absolute atomic E-state index is 12.8. The van der Waals surface area contributed by atoms with E-state index in [1.165, 1.54) is 6.07 Å². The highest BCUT2D eigenvalue weighted by atomic mass is 19.4. The lowest BCUT2D eigenvalue weighted by atomic mass is 10.1. The minimum Gasteiger partial charge on any atom is -0.387 e. The molecule has 1 aromatic carbocycles. The van der Waals surface area contributed by atoms with Crippen LogP contribution in [0.2, 0.25) is 0 Å². The van der Waals surface area contributed by atoms with Gasteiger partial charge in [0.05, 0.1) is 11.1 Å². The number of halogens is 3. The number of anilines is 1. The van der Waals surface area contributed by atoms with Crippen LogP contribution >= 0.6 is 0 Å². The lowest BCUT2D eigenvalue weighted by Crippen LogP contribution is -2.32. The fourth-order valence-electron chi connectivity index (χ4n) is 2.56. The van der Waals surface area contributed by atoms with E-state index in [0.717, 1.165) is 37.8 Å². The van der Waals surface area contributed by atoms with Crippen molar-refractivity contribution >= 4 is 11.6 Å². The van der Waals surface area contributed by atoms with Crippen molar-refractivity contribution in [3.05, 3.63) is 29.3 Å². The number of benzene rings is 1. The molecular weight excluding hydrogens is 281 g/mol. The molecule has 0 bridgehead atoms. The van der Waals surface area contributed by atoms with E-state index in [2.05, 4.69) is 5.32 Å². The first-order valence-electron chi connectivity index (χ1n) is 7.12. The van der Waals surface area contributed by atoms with Gasteiger partial charge in [-0.2, -0.15) is 13.2 Å². The molecule has 1 aliphatic heterocycles. The Kier molecular flexibility index (Phi) is 4.75. The third-order valence-corrected chi connectivity index (χ3v) is 3.74. The summed E-state index contributed by atoms with van der Waals surface area (Å²) in [5.41, 5.74) is -0.272. The van der Waals surface area contributed by atoms with E-state index < -0.39 is 11.7 Å². The highest BCUT2D eigenvalue weighted by molar-refractivity contribution is 5.99. The Morgan fingerprint density at radius 1 is 1.14 bits per heavy atom. The van der Waals surface area contributed by atoms with Crippen LogP contribution in [-0.4, -0.2) is 30.9 Å². The molecule has 0 atom stereocenters. The van der Waals surface area contributed by atoms with Gasteiger partial charge in [-0.25, -0.2) is 0 Å². The Labute approximate surface area is 122 Å². The predicted octanol–water partition coefficient (Wildman–Crippen LogP) is 3.76. The summed E-state index contributed by atoms with van der Waals surface area (Å²) in [6.45, 7) is 1.22. The first-order chi connectivity index (χ1) is 9.93. The molecule has 21 heavy (non-hydrogen) atoms. The van der Waals surface area contributed by atoms with Gasteiger partial charge in [-0.05, 0) is 31.0 Å². The van der Waals surface area contributed by atoms with Crippen LogP contribution < -0.4 is 5.32 Å². The van der Waals surface area contributed by atoms with E-state index in [1.54, 1.807) is 11.9 Å². The Balaban J connectivity index is 2.33. The van der Waals surface area contributed by atoms with Crippen molar-refractivity contribution in [2.24, 2.45) is 0 Å². The smallest absolute Gasteiger partial charge is 0.387 e. The molecule has 0 aromatic heterocycles. The average Bonchev–Trinajstić information content (AvgIpc) is 2.74. The van der Waals surface area contributed by atoms with Crippen molar-refractivity contribution in [1.82, 2.24) is 4.90 Å². The van der Waals surface area contributed by atoms with Gasteiger partial charge < -0.3 is 10.2 Å². The summed E-state index contributed by atoms with van der Waals surface area (Å²) in [6.07, 6.45) is -0.518. The maximum atomic E-state index is 12.8. The second-order valence-corrected chi connectivity index (χ2v) is 5.21. The molecule has 0 aliphatic carbocycles. The molecule has 0 unspecified atom stereocenters. The number of nitrogens with zero attached hydrogens (tertiary/aromatic N) is 1. The molecule has 1 amide bonds. The number of hydrogen-bond acceptors (Lipinski definition) is 2. The Morgan fingerprint density at radius 2 is 1.76 bits per heavy atom. The molecule has 1 saturated heterocycles. The summed E-state index contributed by atoms with van der Waals surface area (Å²) >= 11 is 0. The van der Waals surface area contributed by atoms with E-state index in [9.17, 15) is 18.0 Å². The van der Waals surface area contributed by atoms with E-state index >= 15 is 0 Å². The molecule has 0 radical (unpaired) electrons. The fourth-order valence-corrected chi connectivity index (χ4v) is 2.56. The largest absolute Gasteiger partial charge is 0.416 e. The molecule has 2 rings (SSSR count). The van der Waals surface area contributed by atoms with Crippen LogP contribution in [-0.2, 0) is 6.18 Å². The van der Waals surface area contributed by atoms with Crippen molar-refractivity contribution in [3.63, 3.8) is 0 Å². The summed E-state index contributed by atoms with van der Waals surface area (Å²) in [6, 6.07) is 3.25. The van der Waals surface area contributed by atoms with Crippen LogP contribution in [0.3, 0.4) is 0 Å². The van der Waals surface area contributed by atoms with Gasteiger partial charge in [-0.3, -0.25) is 4.79 Å². The van der Waals surface area contributed by atoms with Crippen LogP contribution in [0.15, 0.2) is 18.2 Å². The monoisotopic (exact) mass is 300 g/mol. The number of carbonyl (C=O) groups is 1. The number of rotatable bonds is 2. The highest BCUT2D eigenvalue weighted by Gasteiger charge is 2.32. The van der Waals surface area contributed by atoms with Gasteiger partial charge in [-0.1, -0.05) is 12.8 Å². The SMILES string of the molecule is CNc1ccc(C(F)(F)F)cc1C(=O)N1CCCCCC1. The Morgan fingerprint density at radius 3 is 2.29 bits per heavy atom. The molecule has 3 nitrogen and oxygen atoms in total. The number of carbonyl (C=O) groups excluding carboxylic acids is 1. The fraction of sp³-hybridized carbons (Fsp3) is 0.533. The number of alkyl halides is 3. The molecule has 1 N–H and O–H groups in total. The van der Waals surface area contributed by atoms with Gasteiger partial charge in [0.25, 0.3) is 5.91 Å². The standard InChI is InChI=1S/C15H19F3N2O/c1-19-13-7-6-11(15(16,17)18)10-12(13)14(21)20-8-4-2-3-5-9-20/h6-7,10,19H,2-5,8-9H2,1H3. The minimum absolute atomic E-state index is 0.0919. The molecule has 0 spiro atoms. The van der Waals surface area contributed by atoms with Crippen molar-refractivity contribution in [3.8, 4) is 0 Å². The van der Waals surface area contributed by atoms with Crippen molar-refractivity contribution in [2.45, 2.75) is 31.9 Å². The molecule has 6 heteroatoms. The van der Waals surface area contributed by atoms with Crippen LogP contribution in [0, 0.1) is 0 Å². The molecule has 1 heterocycles. The van der Waals surface area contributed by atoms with E-state index in [4.69, 9.17) is 0 Å². The van der Waals surface area contributed by atoms with Gasteiger partial charge in [-0.15, -0.1) is 0 Å². The zero-order valence-corrected chi connectivity index (χ0v) is 12.0. The summed E-state index contributed by atoms with van der Waals surface area (Å²) < 4.78 is 38.5. The normalized spacial score (nSPS) is 16.5. The maximum Gasteiger partial charge on any atom is 0.416 e. The zero-order chi connectivity index (χ0) is 15.5. The second kappa shape index (κ2) is 6.37. The number of likely N-dealkylation sites (tertiary alicyclic amines) is 1. The third kappa shape index (κ3) is 3.68. The molecule has 1 aromatic rings. The summed E-state index contributed by atoms with van der Waals surface area (Å²) in [5, 5.41) is 2.80. The summed E-state index contributed by atoms with van der Waals surface area (Å²) in [5.74, 6) is -0.327. The Hall–Kier alpha value is -1.72. The minimum atomic E-state index is -4.44. The van der Waals surface area contributed by atoms with Gasteiger partial charge in [0.15, 0.2) is 0 Å². The number of amides is 1. The van der Waals surface area contributed by atoms with Crippen LogP contribution in [0.4, 0.5) is 18.9 Å². The summed E-state index contributed by atoms with van der Waals surface area (Å²) in [4.78, 5) is 14.2. The molecule has 116 valence electrons. The van der Waals surface area contributed by atoms with E-state index in [1.807, 2.05) is 0 Å². The van der Waals surface area contributed by atoms with Gasteiger partial charge in [0.1, 0.15) is 0 Å². The summed E-state index contributed by atoms with van der Waals surface area (Å²) in [7, 11) is 1.60. The molecule has 1 fully saturated rings. The first-order valence-corrected chi connectivity index (χ1v) is 7.12. The van der Waals surface area contributed by atoms with Crippen LogP contribution in [0.5, 0.6) is 0 Å². The van der Waals surface area contributed by atoms with Crippen molar-refractivity contribution in [2.75, 3.05) is 25.5 Å². The lowest BCUT2D eigenvalue weighted by Gasteiger charge is -2.22. The van der Waals surface area contributed by atoms with Gasteiger partial charge >= 0.3 is 6.18 Å². The third-order valence-electron chi connectivity index (χ3n) is 3.74. The molecule has 0 saturated carbocycles. The van der Waals surface area contributed by atoms with Crippen LogP contribution in [0.1, 0.15) is 41.6 Å². The van der Waals surface area contributed by atoms with Crippen molar-refractivity contribution in [1.29, 1.82) is 0 Å². The predicted molar refractivity (Wildman–Crippen MR) is 75.4 cm³/mol. The van der Waals surface area contributed by atoms with Gasteiger partial charge in [0.2, 0.25) is 0 Å². The molecule has 1 aliphatic rings. The first kappa shape index (κ1) is 15.7. The van der Waals surface area contributed by atoms with Gasteiger partial charge in [0, 0.05) is 25.8 Å². The van der Waals surface area contributed by atoms with Crippen molar-refractivity contribution < 1.29 is 18.0 Å². The Bertz CT molecular complexity index is 506. The molecular formula is C15H19F3N2O. The lowest BCUT2D eigenvalue weighted by molar-refractivity contribution is -0.137. The number of nitrogens with one attached hydrogen (secondary N) is 1. The zero-order valence-electron chi connectivity index (χ0n) is 12.0. The number of hydrogen-bond donors (Lipinski definition) is 1. The topological polar surface area (TPSA) is 32.3 Å². The van der Waals surface area contributed by atoms with E-state index in [-0.39, 0.29) is 11.5 Å². The quantitative estimate of drug-likeness (QED) is 0.902. The van der Waals surface area contributed by atoms with E-state index in [0.29, 0.717) is 18.8 Å². The van der Waals surface area contributed by atoms with Crippen LogP contribution in [0.25, 0.3) is 0 Å². The average molecular weight is 300 g/mol. The second-order valence-electron chi connectivity index (χ2n) is 5.21.